The van der Waals surface area contributed by atoms with Crippen LogP contribution in [0.2, 0.25) is 0 Å². The van der Waals surface area contributed by atoms with Crippen molar-refractivity contribution >= 4 is 17.1 Å². The normalized spacial score (nSPS) is 15.9. The third-order valence-electron chi connectivity index (χ3n) is 13.9. The summed E-state index contributed by atoms with van der Waals surface area (Å²) in [6.07, 6.45) is 0. The zero-order chi connectivity index (χ0) is 37.6. The quantitative estimate of drug-likeness (QED) is 0.176. The van der Waals surface area contributed by atoms with Crippen LogP contribution in [0.15, 0.2) is 176 Å². The molecule has 0 aromatic heterocycles. The largest absolute Gasteiger partial charge is 0.310 e. The second kappa shape index (κ2) is 10.9. The van der Waals surface area contributed by atoms with Crippen molar-refractivity contribution in [2.45, 2.75) is 43.9 Å². The molecule has 1 spiro atoms. The lowest BCUT2D eigenvalue weighted by Crippen LogP contribution is -2.25. The molecular formula is C55H41N. The number of anilines is 3. The van der Waals surface area contributed by atoms with Gasteiger partial charge >= 0.3 is 0 Å². The van der Waals surface area contributed by atoms with Crippen LogP contribution in [-0.2, 0) is 16.2 Å². The monoisotopic (exact) mass is 715 g/mol. The molecule has 0 saturated carbocycles. The van der Waals surface area contributed by atoms with Gasteiger partial charge in [0.1, 0.15) is 0 Å². The van der Waals surface area contributed by atoms with E-state index in [-0.39, 0.29) is 16.2 Å². The Morgan fingerprint density at radius 1 is 0.268 bits per heavy atom. The van der Waals surface area contributed by atoms with E-state index in [0.29, 0.717) is 0 Å². The van der Waals surface area contributed by atoms with E-state index >= 15 is 0 Å². The number of hydrogen-bond acceptors (Lipinski definition) is 1. The van der Waals surface area contributed by atoms with Crippen molar-refractivity contribution in [3.63, 3.8) is 0 Å². The summed E-state index contributed by atoms with van der Waals surface area (Å²) in [7, 11) is 0. The minimum Gasteiger partial charge on any atom is -0.310 e. The van der Waals surface area contributed by atoms with Crippen LogP contribution in [0.1, 0.15) is 72.2 Å². The van der Waals surface area contributed by atoms with Crippen LogP contribution in [-0.4, -0.2) is 0 Å². The molecule has 0 aliphatic heterocycles. The molecule has 266 valence electrons. The molecule has 12 rings (SSSR count). The summed E-state index contributed by atoms with van der Waals surface area (Å²) >= 11 is 0. The predicted octanol–water partition coefficient (Wildman–Crippen LogP) is 14.1. The Balaban J connectivity index is 1.10. The summed E-state index contributed by atoms with van der Waals surface area (Å²) in [5.41, 5.74) is 24.6. The summed E-state index contributed by atoms with van der Waals surface area (Å²) in [4.78, 5) is 2.52. The number of hydrogen-bond donors (Lipinski definition) is 0. The molecule has 8 aromatic rings. The van der Waals surface area contributed by atoms with Crippen molar-refractivity contribution in [1.29, 1.82) is 0 Å². The highest BCUT2D eigenvalue weighted by molar-refractivity contribution is 5.97. The summed E-state index contributed by atoms with van der Waals surface area (Å²) in [5, 5.41) is 0. The summed E-state index contributed by atoms with van der Waals surface area (Å²) in [5.74, 6) is 0. The molecule has 4 aliphatic carbocycles. The Morgan fingerprint density at radius 2 is 0.571 bits per heavy atom. The van der Waals surface area contributed by atoms with Crippen LogP contribution >= 0.6 is 0 Å². The lowest BCUT2D eigenvalue weighted by atomic mass is 9.70. The van der Waals surface area contributed by atoms with Crippen LogP contribution in [0.25, 0.3) is 44.5 Å². The molecule has 1 heteroatoms. The molecule has 4 aliphatic rings. The molecule has 0 bridgehead atoms. The first kappa shape index (κ1) is 31.9. The van der Waals surface area contributed by atoms with Crippen LogP contribution in [0.5, 0.6) is 0 Å². The van der Waals surface area contributed by atoms with Gasteiger partial charge in [0, 0.05) is 27.9 Å². The van der Waals surface area contributed by atoms with Gasteiger partial charge in [-0.2, -0.15) is 0 Å². The molecule has 0 heterocycles. The Kier molecular flexibility index (Phi) is 6.18. The van der Waals surface area contributed by atoms with Crippen molar-refractivity contribution in [2.75, 3.05) is 4.90 Å². The summed E-state index contributed by atoms with van der Waals surface area (Å²) in [6, 6.07) is 66.8. The first-order valence-electron chi connectivity index (χ1n) is 20.0. The van der Waals surface area contributed by atoms with Gasteiger partial charge in [-0.05, 0) is 125 Å². The van der Waals surface area contributed by atoms with E-state index in [9.17, 15) is 0 Å². The van der Waals surface area contributed by atoms with Gasteiger partial charge in [-0.3, -0.25) is 0 Å². The lowest BCUT2D eigenvalue weighted by molar-refractivity contribution is 0.660. The average molecular weight is 716 g/mol. The number of nitrogens with zero attached hydrogens (tertiary/aromatic N) is 1. The topological polar surface area (TPSA) is 3.24 Å². The van der Waals surface area contributed by atoms with Gasteiger partial charge < -0.3 is 4.90 Å². The zero-order valence-corrected chi connectivity index (χ0v) is 32.2. The van der Waals surface area contributed by atoms with Gasteiger partial charge in [0.2, 0.25) is 0 Å². The van der Waals surface area contributed by atoms with E-state index in [1.54, 1.807) is 0 Å². The molecule has 56 heavy (non-hydrogen) atoms. The molecule has 0 saturated heterocycles. The molecule has 0 atom stereocenters. The fourth-order valence-electron chi connectivity index (χ4n) is 11.3. The molecule has 0 unspecified atom stereocenters. The van der Waals surface area contributed by atoms with E-state index in [1.165, 1.54) is 100 Å². The third kappa shape index (κ3) is 3.85. The van der Waals surface area contributed by atoms with Gasteiger partial charge in [0.25, 0.3) is 0 Å². The standard InChI is InChI=1S/C55H41N/c1-53(2)45-20-10-5-15-37(45)42-28-25-35(32-51(42)53)56(36-26-29-43-38-16-6-11-21-46(38)54(3,4)52(43)33-36)34-27-30-50-44(31-34)41-19-9-14-24-49(41)55(50)47-22-12-7-17-39(47)40-18-8-13-23-48(40)55/h5-33H,1-4H3. The smallest absolute Gasteiger partial charge is 0.0725 e. The number of fused-ring (bicyclic) bond motifs is 16. The highest BCUT2D eigenvalue weighted by atomic mass is 15.1. The van der Waals surface area contributed by atoms with E-state index in [1.807, 2.05) is 0 Å². The minimum atomic E-state index is -0.366. The fourth-order valence-corrected chi connectivity index (χ4v) is 11.3. The predicted molar refractivity (Wildman–Crippen MR) is 233 cm³/mol. The summed E-state index contributed by atoms with van der Waals surface area (Å²) in [6.45, 7) is 9.52. The second-order valence-corrected chi connectivity index (χ2v) is 17.3. The Labute approximate surface area is 329 Å². The number of benzene rings is 8. The van der Waals surface area contributed by atoms with Gasteiger partial charge in [-0.1, -0.05) is 167 Å². The Bertz CT molecular complexity index is 2840. The molecule has 0 fully saturated rings. The molecule has 0 radical (unpaired) electrons. The van der Waals surface area contributed by atoms with E-state index in [0.717, 1.165) is 5.69 Å². The highest BCUT2D eigenvalue weighted by Crippen LogP contribution is 2.63. The molecule has 1 nitrogen and oxygen atoms in total. The molecule has 8 aromatic carbocycles. The Morgan fingerprint density at radius 3 is 1.02 bits per heavy atom. The van der Waals surface area contributed by atoms with Crippen LogP contribution in [0, 0.1) is 0 Å². The molecule has 0 amide bonds. The van der Waals surface area contributed by atoms with Crippen molar-refractivity contribution in [3.8, 4) is 44.5 Å². The van der Waals surface area contributed by atoms with Crippen LogP contribution < -0.4 is 4.90 Å². The van der Waals surface area contributed by atoms with Crippen LogP contribution in [0.4, 0.5) is 17.1 Å². The molecule has 0 N–H and O–H groups in total. The van der Waals surface area contributed by atoms with Gasteiger partial charge in [0.05, 0.1) is 5.41 Å². The minimum absolute atomic E-state index is 0.109. The van der Waals surface area contributed by atoms with E-state index in [2.05, 4.69) is 209 Å². The number of rotatable bonds is 3. The SMILES string of the molecule is CC1(C)c2ccccc2-c2ccc(N(c3ccc4c(c3)-c3ccccc3C43c4ccccc4-c4ccccc43)c3ccc4c(c3)C(C)(C)c3ccccc3-4)cc21. The van der Waals surface area contributed by atoms with Crippen LogP contribution in [0.3, 0.4) is 0 Å². The van der Waals surface area contributed by atoms with Crippen molar-refractivity contribution < 1.29 is 0 Å². The maximum atomic E-state index is 2.52. The second-order valence-electron chi connectivity index (χ2n) is 17.3. The van der Waals surface area contributed by atoms with Gasteiger partial charge in [-0.25, -0.2) is 0 Å². The highest BCUT2D eigenvalue weighted by Gasteiger charge is 2.51. The zero-order valence-electron chi connectivity index (χ0n) is 32.2. The van der Waals surface area contributed by atoms with Crippen molar-refractivity contribution in [3.05, 3.63) is 220 Å². The van der Waals surface area contributed by atoms with E-state index in [4.69, 9.17) is 0 Å². The maximum absolute atomic E-state index is 2.52. The Hall–Kier alpha value is -6.44. The fraction of sp³-hybridized carbons (Fsp3) is 0.127. The average Bonchev–Trinajstić information content (AvgIpc) is 3.86. The first-order valence-corrected chi connectivity index (χ1v) is 20.0. The maximum Gasteiger partial charge on any atom is 0.0725 e. The van der Waals surface area contributed by atoms with Gasteiger partial charge in [0.15, 0.2) is 0 Å². The van der Waals surface area contributed by atoms with Crippen molar-refractivity contribution in [1.82, 2.24) is 0 Å². The van der Waals surface area contributed by atoms with Crippen molar-refractivity contribution in [2.24, 2.45) is 0 Å². The van der Waals surface area contributed by atoms with Gasteiger partial charge in [-0.15, -0.1) is 0 Å². The van der Waals surface area contributed by atoms with E-state index < -0.39 is 0 Å². The first-order chi connectivity index (χ1) is 27.3. The lowest BCUT2D eigenvalue weighted by Gasteiger charge is -2.32. The summed E-state index contributed by atoms with van der Waals surface area (Å²) < 4.78 is 0. The molecular weight excluding hydrogens is 675 g/mol. The third-order valence-corrected chi connectivity index (χ3v) is 13.9.